The molecule has 0 radical (unpaired) electrons. The van der Waals surface area contributed by atoms with Crippen LogP contribution in [0.5, 0.6) is 5.88 Å². The molecule has 1 saturated heterocycles. The normalized spacial score (nSPS) is 15.3. The summed E-state index contributed by atoms with van der Waals surface area (Å²) in [5, 5.41) is 11.8. The van der Waals surface area contributed by atoms with Gasteiger partial charge in [-0.15, -0.1) is 0 Å². The molecule has 7 nitrogen and oxygen atoms in total. The molecular weight excluding hydrogens is 494 g/mol. The highest BCUT2D eigenvalue weighted by atomic mass is 19.4. The first-order chi connectivity index (χ1) is 17.6. The van der Waals surface area contributed by atoms with Crippen molar-refractivity contribution in [2.75, 3.05) is 31.7 Å². The number of hydrogen-bond acceptors (Lipinski definition) is 6. The SMILES string of the molecule is Cc1ccc(NC(=O)c2ccnc(C(F)(F)F)c2)cc1-c1cc(OCCO)nc(C2(F)CCOCC2)c1. The molecule has 11 heteroatoms. The van der Waals surface area contributed by atoms with Crippen LogP contribution in [0.25, 0.3) is 11.1 Å². The van der Waals surface area contributed by atoms with Crippen molar-refractivity contribution in [3.8, 4) is 17.0 Å². The van der Waals surface area contributed by atoms with E-state index in [1.54, 1.807) is 30.3 Å². The van der Waals surface area contributed by atoms with Crippen LogP contribution < -0.4 is 10.1 Å². The van der Waals surface area contributed by atoms with Gasteiger partial charge in [-0.05, 0) is 53.9 Å². The monoisotopic (exact) mass is 519 g/mol. The first-order valence-electron chi connectivity index (χ1n) is 11.6. The third kappa shape index (κ3) is 6.23. The molecule has 1 amide bonds. The summed E-state index contributed by atoms with van der Waals surface area (Å²) in [4.78, 5) is 20.3. The van der Waals surface area contributed by atoms with Gasteiger partial charge in [0.2, 0.25) is 5.88 Å². The van der Waals surface area contributed by atoms with Crippen molar-refractivity contribution in [1.82, 2.24) is 9.97 Å². The van der Waals surface area contributed by atoms with Crippen LogP contribution in [0.3, 0.4) is 0 Å². The topological polar surface area (TPSA) is 93.6 Å². The third-order valence-corrected chi connectivity index (χ3v) is 6.01. The number of aromatic nitrogens is 2. The maximum atomic E-state index is 15.8. The number of hydrogen-bond donors (Lipinski definition) is 2. The maximum Gasteiger partial charge on any atom is 0.433 e. The van der Waals surface area contributed by atoms with Gasteiger partial charge in [0.05, 0.1) is 25.5 Å². The Kier molecular flexibility index (Phi) is 7.74. The number of anilines is 1. The van der Waals surface area contributed by atoms with Gasteiger partial charge in [-0.1, -0.05) is 6.07 Å². The second-order valence-electron chi connectivity index (χ2n) is 8.64. The van der Waals surface area contributed by atoms with Crippen LogP contribution in [0.15, 0.2) is 48.7 Å². The predicted octanol–water partition coefficient (Wildman–Crippen LogP) is 5.07. The fourth-order valence-electron chi connectivity index (χ4n) is 4.01. The highest BCUT2D eigenvalue weighted by Crippen LogP contribution is 2.39. The van der Waals surface area contributed by atoms with Gasteiger partial charge in [0.25, 0.3) is 5.91 Å². The molecule has 0 bridgehead atoms. The average molecular weight is 519 g/mol. The number of aliphatic hydroxyl groups excluding tert-OH is 1. The summed E-state index contributed by atoms with van der Waals surface area (Å²) in [7, 11) is 0. The average Bonchev–Trinajstić information content (AvgIpc) is 2.88. The molecule has 2 N–H and O–H groups in total. The fraction of sp³-hybridized carbons (Fsp3) is 0.346. The molecule has 2 aromatic heterocycles. The molecule has 3 aromatic rings. The lowest BCUT2D eigenvalue weighted by Gasteiger charge is -2.29. The van der Waals surface area contributed by atoms with Gasteiger partial charge in [0.15, 0.2) is 5.67 Å². The van der Waals surface area contributed by atoms with E-state index in [1.807, 2.05) is 6.92 Å². The predicted molar refractivity (Wildman–Crippen MR) is 127 cm³/mol. The summed E-state index contributed by atoms with van der Waals surface area (Å²) in [6.45, 7) is 2.05. The Morgan fingerprint density at radius 1 is 1.16 bits per heavy atom. The van der Waals surface area contributed by atoms with Crippen LogP contribution in [0.4, 0.5) is 23.2 Å². The molecular formula is C26H25F4N3O4. The van der Waals surface area contributed by atoms with Gasteiger partial charge in [-0.2, -0.15) is 13.2 Å². The number of rotatable bonds is 7. The highest BCUT2D eigenvalue weighted by molar-refractivity contribution is 6.04. The summed E-state index contributed by atoms with van der Waals surface area (Å²) < 4.78 is 65.5. The van der Waals surface area contributed by atoms with Crippen LogP contribution in [0, 0.1) is 6.92 Å². The number of aryl methyl sites for hydroxylation is 1. The number of ether oxygens (including phenoxy) is 2. The number of carbonyl (C=O) groups is 1. The Labute approximate surface area is 210 Å². The molecule has 1 aromatic carbocycles. The summed E-state index contributed by atoms with van der Waals surface area (Å²) in [6, 6.07) is 10.1. The molecule has 4 rings (SSSR count). The zero-order chi connectivity index (χ0) is 26.6. The van der Waals surface area contributed by atoms with Gasteiger partial charge in [-0.3, -0.25) is 9.78 Å². The number of carbonyl (C=O) groups excluding carboxylic acids is 1. The van der Waals surface area contributed by atoms with Crippen molar-refractivity contribution in [3.63, 3.8) is 0 Å². The van der Waals surface area contributed by atoms with E-state index in [1.165, 1.54) is 6.07 Å². The first kappa shape index (κ1) is 26.5. The number of aliphatic hydroxyl groups is 1. The second-order valence-corrected chi connectivity index (χ2v) is 8.64. The van der Waals surface area contributed by atoms with Crippen molar-refractivity contribution >= 4 is 11.6 Å². The quantitative estimate of drug-likeness (QED) is 0.424. The minimum absolute atomic E-state index is 0.0286. The van der Waals surface area contributed by atoms with E-state index >= 15 is 4.39 Å². The molecule has 196 valence electrons. The minimum atomic E-state index is -4.68. The zero-order valence-electron chi connectivity index (χ0n) is 19.9. The van der Waals surface area contributed by atoms with Crippen LogP contribution in [0.2, 0.25) is 0 Å². The minimum Gasteiger partial charge on any atom is -0.475 e. The smallest absolute Gasteiger partial charge is 0.433 e. The van der Waals surface area contributed by atoms with Gasteiger partial charge in [0, 0.05) is 36.4 Å². The number of amides is 1. The van der Waals surface area contributed by atoms with E-state index in [0.717, 1.165) is 11.8 Å². The molecule has 37 heavy (non-hydrogen) atoms. The summed E-state index contributed by atoms with van der Waals surface area (Å²) in [5.41, 5.74) is -0.587. The van der Waals surface area contributed by atoms with E-state index in [2.05, 4.69) is 15.3 Å². The van der Waals surface area contributed by atoms with Crippen LogP contribution >= 0.6 is 0 Å². The number of pyridine rings is 2. The van der Waals surface area contributed by atoms with E-state index in [4.69, 9.17) is 14.6 Å². The lowest BCUT2D eigenvalue weighted by Crippen LogP contribution is -2.30. The number of nitrogens with zero attached hydrogens (tertiary/aromatic N) is 2. The molecule has 3 heterocycles. The molecule has 0 aliphatic carbocycles. The number of nitrogens with one attached hydrogen (secondary N) is 1. The van der Waals surface area contributed by atoms with Crippen molar-refractivity contribution in [1.29, 1.82) is 0 Å². The third-order valence-electron chi connectivity index (χ3n) is 6.01. The van der Waals surface area contributed by atoms with Crippen molar-refractivity contribution in [2.45, 2.75) is 31.6 Å². The van der Waals surface area contributed by atoms with Gasteiger partial charge < -0.3 is 19.9 Å². The lowest BCUT2D eigenvalue weighted by atomic mass is 9.90. The first-order valence-corrected chi connectivity index (χ1v) is 11.6. The summed E-state index contributed by atoms with van der Waals surface area (Å²) >= 11 is 0. The molecule has 0 spiro atoms. The van der Waals surface area contributed by atoms with Gasteiger partial charge in [-0.25, -0.2) is 9.37 Å². The van der Waals surface area contributed by atoms with Gasteiger partial charge in [0.1, 0.15) is 12.3 Å². The largest absolute Gasteiger partial charge is 0.475 e. The molecule has 0 atom stereocenters. The Balaban J connectivity index is 1.67. The molecule has 0 unspecified atom stereocenters. The Morgan fingerprint density at radius 3 is 2.62 bits per heavy atom. The summed E-state index contributed by atoms with van der Waals surface area (Å²) in [6.07, 6.45) is -3.50. The van der Waals surface area contributed by atoms with E-state index in [0.29, 0.717) is 22.9 Å². The van der Waals surface area contributed by atoms with Crippen molar-refractivity contribution in [2.24, 2.45) is 0 Å². The van der Waals surface area contributed by atoms with Crippen LogP contribution in [-0.2, 0) is 16.6 Å². The molecule has 0 saturated carbocycles. The Bertz CT molecular complexity index is 1280. The number of alkyl halides is 4. The highest BCUT2D eigenvalue weighted by Gasteiger charge is 2.37. The van der Waals surface area contributed by atoms with E-state index in [-0.39, 0.29) is 56.4 Å². The standard InChI is InChI=1S/C26H25F4N3O4/c1-16-2-3-19(32-24(35)17-4-7-31-22(12-17)26(28,29)30)15-20(16)18-13-21(25(27)5-9-36-10-6-25)33-23(14-18)37-11-8-34/h2-4,7,12-15,34H,5-6,8-11H2,1H3,(H,32,35). The van der Waals surface area contributed by atoms with E-state index in [9.17, 15) is 18.0 Å². The Morgan fingerprint density at radius 2 is 1.92 bits per heavy atom. The van der Waals surface area contributed by atoms with Crippen LogP contribution in [0.1, 0.15) is 40.2 Å². The Hall–Kier alpha value is -3.57. The lowest BCUT2D eigenvalue weighted by molar-refractivity contribution is -0.141. The zero-order valence-corrected chi connectivity index (χ0v) is 19.9. The maximum absolute atomic E-state index is 15.8. The van der Waals surface area contributed by atoms with E-state index < -0.39 is 23.4 Å². The van der Waals surface area contributed by atoms with Gasteiger partial charge >= 0.3 is 6.18 Å². The van der Waals surface area contributed by atoms with Crippen molar-refractivity contribution in [3.05, 3.63) is 71.2 Å². The second kappa shape index (κ2) is 10.8. The van der Waals surface area contributed by atoms with Crippen LogP contribution in [-0.4, -0.2) is 47.4 Å². The molecule has 1 aliphatic rings. The molecule has 1 aliphatic heterocycles. The summed E-state index contributed by atoms with van der Waals surface area (Å²) in [5.74, 6) is -0.606. The molecule has 1 fully saturated rings. The fourth-order valence-corrected chi connectivity index (χ4v) is 4.01. The van der Waals surface area contributed by atoms with Crippen molar-refractivity contribution < 1.29 is 36.9 Å². The number of halogens is 4. The number of benzene rings is 1.